The lowest BCUT2D eigenvalue weighted by atomic mass is 9.97. The second-order valence-corrected chi connectivity index (χ2v) is 8.84. The van der Waals surface area contributed by atoms with Crippen LogP contribution in [0.3, 0.4) is 0 Å². The number of carbonyl (C=O) groups excluding carboxylic acids is 2. The van der Waals surface area contributed by atoms with Gasteiger partial charge in [-0.05, 0) is 54.1 Å². The standard InChI is InChI=1S/C25H15BrClNO5/c1-32-25(31)14-7-5-13(6-8-14)21-20-22(29)18-12-16(27)9-10-19(18)33-23(20)24(30)28(21)17-4-2-3-15(26)11-17/h2-12,21H,1H3. The molecular weight excluding hydrogens is 510 g/mol. The molecule has 8 heteroatoms. The lowest BCUT2D eigenvalue weighted by Crippen LogP contribution is -2.29. The van der Waals surface area contributed by atoms with Gasteiger partial charge in [-0.15, -0.1) is 0 Å². The number of esters is 1. The van der Waals surface area contributed by atoms with E-state index in [0.29, 0.717) is 27.2 Å². The fraction of sp³-hybridized carbons (Fsp3) is 0.0800. The van der Waals surface area contributed by atoms with Gasteiger partial charge in [0.15, 0.2) is 5.43 Å². The molecule has 1 aliphatic rings. The molecular formula is C25H15BrClNO5. The minimum atomic E-state index is -0.756. The van der Waals surface area contributed by atoms with Crippen LogP contribution >= 0.6 is 27.5 Å². The molecule has 0 aliphatic carbocycles. The van der Waals surface area contributed by atoms with Crippen molar-refractivity contribution in [1.82, 2.24) is 0 Å². The molecule has 1 aromatic heterocycles. The minimum absolute atomic E-state index is 0.0168. The van der Waals surface area contributed by atoms with Crippen molar-refractivity contribution < 1.29 is 18.7 Å². The van der Waals surface area contributed by atoms with Crippen LogP contribution in [-0.2, 0) is 4.74 Å². The fourth-order valence-electron chi connectivity index (χ4n) is 4.07. The molecule has 1 unspecified atom stereocenters. The molecule has 33 heavy (non-hydrogen) atoms. The van der Waals surface area contributed by atoms with Gasteiger partial charge in [0, 0.05) is 15.2 Å². The average Bonchev–Trinajstić information content (AvgIpc) is 3.11. The Bertz CT molecular complexity index is 1500. The van der Waals surface area contributed by atoms with Gasteiger partial charge in [0.05, 0.1) is 29.7 Å². The third-order valence-electron chi connectivity index (χ3n) is 5.57. The molecule has 0 bridgehead atoms. The zero-order chi connectivity index (χ0) is 23.3. The molecule has 0 radical (unpaired) electrons. The van der Waals surface area contributed by atoms with E-state index in [9.17, 15) is 14.4 Å². The maximum atomic E-state index is 13.6. The van der Waals surface area contributed by atoms with Gasteiger partial charge >= 0.3 is 5.97 Å². The molecule has 3 aromatic carbocycles. The minimum Gasteiger partial charge on any atom is -0.465 e. The molecule has 0 saturated heterocycles. The van der Waals surface area contributed by atoms with E-state index < -0.39 is 17.9 Å². The van der Waals surface area contributed by atoms with Crippen LogP contribution in [0.4, 0.5) is 5.69 Å². The first-order chi connectivity index (χ1) is 15.9. The normalized spacial score (nSPS) is 15.1. The zero-order valence-corrected chi connectivity index (χ0v) is 19.5. The van der Waals surface area contributed by atoms with Crippen LogP contribution in [0, 0.1) is 0 Å². The summed E-state index contributed by atoms with van der Waals surface area (Å²) in [4.78, 5) is 40.5. The predicted molar refractivity (Wildman–Crippen MR) is 128 cm³/mol. The molecule has 5 rings (SSSR count). The number of hydrogen-bond donors (Lipinski definition) is 0. The van der Waals surface area contributed by atoms with Crippen molar-refractivity contribution in [1.29, 1.82) is 0 Å². The van der Waals surface area contributed by atoms with Crippen molar-refractivity contribution >= 4 is 56.1 Å². The molecule has 0 fully saturated rings. The van der Waals surface area contributed by atoms with Crippen molar-refractivity contribution in [3.05, 3.63) is 109 Å². The molecule has 164 valence electrons. The Morgan fingerprint density at radius 3 is 2.52 bits per heavy atom. The first-order valence-electron chi connectivity index (χ1n) is 9.92. The van der Waals surface area contributed by atoms with Crippen molar-refractivity contribution in [2.45, 2.75) is 6.04 Å². The quantitative estimate of drug-likeness (QED) is 0.319. The number of benzene rings is 3. The van der Waals surface area contributed by atoms with Crippen molar-refractivity contribution in [3.8, 4) is 0 Å². The number of amides is 1. The smallest absolute Gasteiger partial charge is 0.337 e. The van der Waals surface area contributed by atoms with Crippen molar-refractivity contribution in [2.75, 3.05) is 12.0 Å². The SMILES string of the molecule is COC(=O)c1ccc(C2c3c(oc4ccc(Cl)cc4c3=O)C(=O)N2c2cccc(Br)c2)cc1. The van der Waals surface area contributed by atoms with Gasteiger partial charge < -0.3 is 9.15 Å². The maximum absolute atomic E-state index is 13.6. The number of fused-ring (bicyclic) bond motifs is 2. The van der Waals surface area contributed by atoms with Crippen LogP contribution in [-0.4, -0.2) is 19.0 Å². The number of anilines is 1. The Morgan fingerprint density at radius 2 is 1.82 bits per heavy atom. The van der Waals surface area contributed by atoms with Crippen molar-refractivity contribution in [2.24, 2.45) is 0 Å². The number of carbonyl (C=O) groups is 2. The number of hydrogen-bond acceptors (Lipinski definition) is 5. The summed E-state index contributed by atoms with van der Waals surface area (Å²) in [6.07, 6.45) is 0. The van der Waals surface area contributed by atoms with Gasteiger partial charge in [0.2, 0.25) is 5.76 Å². The van der Waals surface area contributed by atoms with E-state index in [2.05, 4.69) is 15.9 Å². The molecule has 4 aromatic rings. The Morgan fingerprint density at radius 1 is 1.06 bits per heavy atom. The van der Waals surface area contributed by atoms with E-state index in [-0.39, 0.29) is 22.3 Å². The second kappa shape index (κ2) is 8.17. The van der Waals surface area contributed by atoms with Crippen LogP contribution in [0.1, 0.15) is 38.1 Å². The summed E-state index contributed by atoms with van der Waals surface area (Å²) in [6.45, 7) is 0. The summed E-state index contributed by atoms with van der Waals surface area (Å²) in [5.74, 6) is -0.926. The van der Waals surface area contributed by atoms with E-state index in [0.717, 1.165) is 4.47 Å². The van der Waals surface area contributed by atoms with E-state index in [1.54, 1.807) is 54.6 Å². The first-order valence-corrected chi connectivity index (χ1v) is 11.1. The van der Waals surface area contributed by atoms with Gasteiger partial charge in [0.1, 0.15) is 5.58 Å². The number of nitrogens with zero attached hydrogens (tertiary/aromatic N) is 1. The highest BCUT2D eigenvalue weighted by atomic mass is 79.9. The largest absolute Gasteiger partial charge is 0.465 e. The maximum Gasteiger partial charge on any atom is 0.337 e. The van der Waals surface area contributed by atoms with Crippen molar-refractivity contribution in [3.63, 3.8) is 0 Å². The second-order valence-electron chi connectivity index (χ2n) is 7.49. The van der Waals surface area contributed by atoms with Crippen LogP contribution in [0.15, 0.2) is 80.4 Å². The molecule has 0 N–H and O–H groups in total. The van der Waals surface area contributed by atoms with E-state index in [4.69, 9.17) is 20.8 Å². The number of ether oxygens (including phenoxy) is 1. The highest BCUT2D eigenvalue weighted by Crippen LogP contribution is 2.42. The summed E-state index contributed by atoms with van der Waals surface area (Å²) < 4.78 is 11.5. The molecule has 0 saturated carbocycles. The van der Waals surface area contributed by atoms with E-state index >= 15 is 0 Å². The highest BCUT2D eigenvalue weighted by molar-refractivity contribution is 9.10. The monoisotopic (exact) mass is 523 g/mol. The van der Waals surface area contributed by atoms with E-state index in [1.165, 1.54) is 18.1 Å². The number of rotatable bonds is 3. The molecule has 2 heterocycles. The average molecular weight is 525 g/mol. The number of methoxy groups -OCH3 is 1. The molecule has 1 amide bonds. The number of halogens is 2. The fourth-order valence-corrected chi connectivity index (χ4v) is 4.63. The Hall–Kier alpha value is -3.42. The highest BCUT2D eigenvalue weighted by Gasteiger charge is 2.43. The van der Waals surface area contributed by atoms with Gasteiger partial charge in [-0.3, -0.25) is 14.5 Å². The van der Waals surface area contributed by atoms with Crippen LogP contribution in [0.2, 0.25) is 5.02 Å². The molecule has 1 atom stereocenters. The molecule has 1 aliphatic heterocycles. The van der Waals surface area contributed by atoms with Crippen LogP contribution in [0.5, 0.6) is 0 Å². The third kappa shape index (κ3) is 3.53. The summed E-state index contributed by atoms with van der Waals surface area (Å²) in [7, 11) is 1.30. The summed E-state index contributed by atoms with van der Waals surface area (Å²) >= 11 is 9.56. The van der Waals surface area contributed by atoms with E-state index in [1.807, 2.05) is 6.07 Å². The van der Waals surface area contributed by atoms with Crippen LogP contribution < -0.4 is 10.3 Å². The Kier molecular flexibility index (Phi) is 5.31. The lowest BCUT2D eigenvalue weighted by molar-refractivity contribution is 0.0600. The van der Waals surface area contributed by atoms with Gasteiger partial charge in [-0.2, -0.15) is 0 Å². The Balaban J connectivity index is 1.77. The third-order valence-corrected chi connectivity index (χ3v) is 6.29. The lowest BCUT2D eigenvalue weighted by Gasteiger charge is -2.25. The van der Waals surface area contributed by atoms with Gasteiger partial charge in [-0.1, -0.05) is 45.7 Å². The van der Waals surface area contributed by atoms with Crippen LogP contribution in [0.25, 0.3) is 11.0 Å². The molecule has 6 nitrogen and oxygen atoms in total. The summed E-state index contributed by atoms with van der Waals surface area (Å²) in [5.41, 5.74) is 1.76. The van der Waals surface area contributed by atoms with Gasteiger partial charge in [-0.25, -0.2) is 4.79 Å². The molecule has 0 spiro atoms. The van der Waals surface area contributed by atoms with Gasteiger partial charge in [0.25, 0.3) is 5.91 Å². The first kappa shape index (κ1) is 21.4. The zero-order valence-electron chi connectivity index (χ0n) is 17.2. The topological polar surface area (TPSA) is 76.8 Å². The predicted octanol–water partition coefficient (Wildman–Crippen LogP) is 5.75. The Labute approximate surface area is 201 Å². The summed E-state index contributed by atoms with van der Waals surface area (Å²) in [6, 6.07) is 17.8. The summed E-state index contributed by atoms with van der Waals surface area (Å²) in [5, 5.41) is 0.684.